The van der Waals surface area contributed by atoms with Crippen molar-refractivity contribution in [3.8, 4) is 0 Å². The Hall–Kier alpha value is -0.0800. The standard InChI is InChI=1S/C14H30N2/c1-5-14(4,11-15-6-2)12-16-9-7-8-13(3)10-16/h13,15H,5-12H2,1-4H3. The Balaban J connectivity index is 2.41. The summed E-state index contributed by atoms with van der Waals surface area (Å²) in [4.78, 5) is 2.68. The van der Waals surface area contributed by atoms with Gasteiger partial charge in [-0.1, -0.05) is 27.7 Å². The van der Waals surface area contributed by atoms with Crippen molar-refractivity contribution in [2.45, 2.75) is 47.0 Å². The molecular weight excluding hydrogens is 196 g/mol. The average Bonchev–Trinajstić information content (AvgIpc) is 2.26. The molecule has 2 unspecified atom stereocenters. The lowest BCUT2D eigenvalue weighted by molar-refractivity contribution is 0.113. The predicted octanol–water partition coefficient (Wildman–Crippen LogP) is 2.74. The van der Waals surface area contributed by atoms with Crippen LogP contribution in [0, 0.1) is 11.3 Å². The van der Waals surface area contributed by atoms with E-state index in [1.54, 1.807) is 0 Å². The van der Waals surface area contributed by atoms with Gasteiger partial charge in [0.15, 0.2) is 0 Å². The molecule has 2 nitrogen and oxygen atoms in total. The Labute approximate surface area is 102 Å². The van der Waals surface area contributed by atoms with Gasteiger partial charge in [-0.05, 0) is 43.7 Å². The normalized spacial score (nSPS) is 26.6. The number of piperidine rings is 1. The zero-order valence-electron chi connectivity index (χ0n) is 11.7. The van der Waals surface area contributed by atoms with Crippen LogP contribution in [0.4, 0.5) is 0 Å². The molecule has 2 atom stereocenters. The molecule has 1 aliphatic heterocycles. The summed E-state index contributed by atoms with van der Waals surface area (Å²) >= 11 is 0. The maximum atomic E-state index is 3.51. The molecule has 0 aromatic rings. The Bertz CT molecular complexity index is 193. The van der Waals surface area contributed by atoms with Crippen LogP contribution in [0.3, 0.4) is 0 Å². The van der Waals surface area contributed by atoms with E-state index in [0.29, 0.717) is 5.41 Å². The molecular formula is C14H30N2. The molecule has 2 heteroatoms. The van der Waals surface area contributed by atoms with Crippen molar-refractivity contribution < 1.29 is 0 Å². The van der Waals surface area contributed by atoms with Gasteiger partial charge in [-0.25, -0.2) is 0 Å². The van der Waals surface area contributed by atoms with E-state index in [4.69, 9.17) is 0 Å². The van der Waals surface area contributed by atoms with E-state index in [9.17, 15) is 0 Å². The molecule has 0 aliphatic carbocycles. The van der Waals surface area contributed by atoms with Gasteiger partial charge in [0, 0.05) is 19.6 Å². The molecule has 0 amide bonds. The molecule has 1 rings (SSSR count). The van der Waals surface area contributed by atoms with Gasteiger partial charge in [-0.2, -0.15) is 0 Å². The molecule has 1 saturated heterocycles. The van der Waals surface area contributed by atoms with Gasteiger partial charge in [-0.15, -0.1) is 0 Å². The third kappa shape index (κ3) is 4.42. The minimum atomic E-state index is 0.451. The van der Waals surface area contributed by atoms with Crippen molar-refractivity contribution >= 4 is 0 Å². The Morgan fingerprint density at radius 2 is 2.12 bits per heavy atom. The molecule has 0 aromatic carbocycles. The molecule has 16 heavy (non-hydrogen) atoms. The fraction of sp³-hybridized carbons (Fsp3) is 1.00. The van der Waals surface area contributed by atoms with E-state index in [1.807, 2.05) is 0 Å². The van der Waals surface area contributed by atoms with Crippen LogP contribution in [0.15, 0.2) is 0 Å². The first-order chi connectivity index (χ1) is 7.59. The molecule has 1 aliphatic rings. The topological polar surface area (TPSA) is 15.3 Å². The summed E-state index contributed by atoms with van der Waals surface area (Å²) in [5.74, 6) is 0.897. The van der Waals surface area contributed by atoms with Crippen LogP contribution in [0.25, 0.3) is 0 Å². The smallest absolute Gasteiger partial charge is 0.00475 e. The van der Waals surface area contributed by atoms with Crippen LogP contribution < -0.4 is 5.32 Å². The first kappa shape index (κ1) is 14.0. The summed E-state index contributed by atoms with van der Waals surface area (Å²) < 4.78 is 0. The van der Waals surface area contributed by atoms with Gasteiger partial charge < -0.3 is 10.2 Å². The summed E-state index contributed by atoms with van der Waals surface area (Å²) in [7, 11) is 0. The Morgan fingerprint density at radius 3 is 2.69 bits per heavy atom. The van der Waals surface area contributed by atoms with E-state index in [2.05, 4.69) is 37.9 Å². The average molecular weight is 226 g/mol. The van der Waals surface area contributed by atoms with Gasteiger partial charge in [0.1, 0.15) is 0 Å². The Kier molecular flexibility index (Phi) is 5.77. The lowest BCUT2D eigenvalue weighted by Gasteiger charge is -2.38. The summed E-state index contributed by atoms with van der Waals surface area (Å²) in [6.45, 7) is 15.5. The lowest BCUT2D eigenvalue weighted by Crippen LogP contribution is -2.45. The van der Waals surface area contributed by atoms with Crippen molar-refractivity contribution in [2.75, 3.05) is 32.7 Å². The molecule has 1 N–H and O–H groups in total. The fourth-order valence-corrected chi connectivity index (χ4v) is 2.69. The van der Waals surface area contributed by atoms with E-state index in [0.717, 1.165) is 19.0 Å². The summed E-state index contributed by atoms with van der Waals surface area (Å²) in [6.07, 6.45) is 4.08. The first-order valence-corrected chi connectivity index (χ1v) is 7.02. The molecule has 0 radical (unpaired) electrons. The molecule has 0 spiro atoms. The second kappa shape index (κ2) is 6.61. The minimum absolute atomic E-state index is 0.451. The number of likely N-dealkylation sites (tertiary alicyclic amines) is 1. The highest BCUT2D eigenvalue weighted by atomic mass is 15.1. The molecule has 0 bridgehead atoms. The fourth-order valence-electron chi connectivity index (χ4n) is 2.69. The van der Waals surface area contributed by atoms with Crippen LogP contribution in [0.5, 0.6) is 0 Å². The summed E-state index contributed by atoms with van der Waals surface area (Å²) in [5, 5.41) is 3.51. The van der Waals surface area contributed by atoms with E-state index >= 15 is 0 Å². The molecule has 1 fully saturated rings. The van der Waals surface area contributed by atoms with E-state index in [-0.39, 0.29) is 0 Å². The maximum absolute atomic E-state index is 3.51. The number of rotatable bonds is 6. The van der Waals surface area contributed by atoms with Crippen molar-refractivity contribution in [3.63, 3.8) is 0 Å². The highest BCUT2D eigenvalue weighted by Crippen LogP contribution is 2.25. The van der Waals surface area contributed by atoms with Crippen LogP contribution in [-0.4, -0.2) is 37.6 Å². The number of nitrogens with zero attached hydrogens (tertiary/aromatic N) is 1. The number of hydrogen-bond donors (Lipinski definition) is 1. The SMILES string of the molecule is CCNCC(C)(CC)CN1CCCC(C)C1. The highest BCUT2D eigenvalue weighted by Gasteiger charge is 2.26. The largest absolute Gasteiger partial charge is 0.316 e. The second-order valence-electron chi connectivity index (χ2n) is 5.93. The quantitative estimate of drug-likeness (QED) is 0.749. The van der Waals surface area contributed by atoms with Crippen LogP contribution >= 0.6 is 0 Å². The minimum Gasteiger partial charge on any atom is -0.316 e. The number of nitrogens with one attached hydrogen (secondary N) is 1. The van der Waals surface area contributed by atoms with Gasteiger partial charge in [0.25, 0.3) is 0 Å². The summed E-state index contributed by atoms with van der Waals surface area (Å²) in [5.41, 5.74) is 0.451. The van der Waals surface area contributed by atoms with Gasteiger partial charge in [0.05, 0.1) is 0 Å². The van der Waals surface area contributed by atoms with Gasteiger partial charge in [-0.3, -0.25) is 0 Å². The Morgan fingerprint density at radius 1 is 1.38 bits per heavy atom. The highest BCUT2D eigenvalue weighted by molar-refractivity contribution is 4.82. The first-order valence-electron chi connectivity index (χ1n) is 7.02. The van der Waals surface area contributed by atoms with Crippen molar-refractivity contribution in [2.24, 2.45) is 11.3 Å². The second-order valence-corrected chi connectivity index (χ2v) is 5.93. The molecule has 0 saturated carbocycles. The van der Waals surface area contributed by atoms with Crippen LogP contribution in [-0.2, 0) is 0 Å². The number of hydrogen-bond acceptors (Lipinski definition) is 2. The van der Waals surface area contributed by atoms with Crippen molar-refractivity contribution in [1.82, 2.24) is 10.2 Å². The van der Waals surface area contributed by atoms with E-state index < -0.39 is 0 Å². The van der Waals surface area contributed by atoms with Crippen LogP contribution in [0.2, 0.25) is 0 Å². The zero-order chi connectivity index (χ0) is 12.0. The van der Waals surface area contributed by atoms with Crippen LogP contribution in [0.1, 0.15) is 47.0 Å². The van der Waals surface area contributed by atoms with Crippen molar-refractivity contribution in [1.29, 1.82) is 0 Å². The third-order valence-corrected chi connectivity index (χ3v) is 4.00. The molecule has 96 valence electrons. The predicted molar refractivity (Wildman–Crippen MR) is 71.8 cm³/mol. The molecule has 0 aromatic heterocycles. The van der Waals surface area contributed by atoms with Crippen molar-refractivity contribution in [3.05, 3.63) is 0 Å². The summed E-state index contributed by atoms with van der Waals surface area (Å²) in [6, 6.07) is 0. The van der Waals surface area contributed by atoms with E-state index in [1.165, 1.54) is 38.9 Å². The lowest BCUT2D eigenvalue weighted by atomic mass is 9.85. The zero-order valence-corrected chi connectivity index (χ0v) is 11.7. The monoisotopic (exact) mass is 226 g/mol. The molecule has 1 heterocycles. The van der Waals surface area contributed by atoms with Gasteiger partial charge in [0.2, 0.25) is 0 Å². The third-order valence-electron chi connectivity index (χ3n) is 4.00. The van der Waals surface area contributed by atoms with Gasteiger partial charge >= 0.3 is 0 Å². The maximum Gasteiger partial charge on any atom is 0.00475 e.